The molecule has 1 heterocycles. The molecule has 0 atom stereocenters. The standard InChI is InChI=1S/C17H16N2O5/c1-4-9-18-14(20)11-7-5-6-8-13(11)19-10-12-15(21)23-17(2,3)24-16(12)22/h1,5-8,10,19H,9H2,2-3H3,(H,18,20). The zero-order valence-electron chi connectivity index (χ0n) is 13.2. The molecule has 1 saturated heterocycles. The van der Waals surface area contributed by atoms with Crippen LogP contribution in [-0.4, -0.2) is 30.2 Å². The lowest BCUT2D eigenvalue weighted by molar-refractivity contribution is -0.222. The predicted molar refractivity (Wildman–Crippen MR) is 85.6 cm³/mol. The number of carbonyl (C=O) groups excluding carboxylic acids is 3. The van der Waals surface area contributed by atoms with Crippen molar-refractivity contribution in [1.82, 2.24) is 5.32 Å². The molecule has 2 rings (SSSR count). The van der Waals surface area contributed by atoms with Crippen LogP contribution in [0.25, 0.3) is 0 Å². The highest BCUT2D eigenvalue weighted by Crippen LogP contribution is 2.23. The van der Waals surface area contributed by atoms with Crippen LogP contribution >= 0.6 is 0 Å². The minimum absolute atomic E-state index is 0.0853. The number of benzene rings is 1. The number of esters is 2. The zero-order chi connectivity index (χ0) is 17.7. The molecule has 1 aromatic carbocycles. The Morgan fingerprint density at radius 3 is 2.50 bits per heavy atom. The summed E-state index contributed by atoms with van der Waals surface area (Å²) in [5, 5.41) is 5.29. The first-order chi connectivity index (χ1) is 11.3. The summed E-state index contributed by atoms with van der Waals surface area (Å²) in [6, 6.07) is 6.56. The molecule has 2 N–H and O–H groups in total. The molecule has 0 spiro atoms. The van der Waals surface area contributed by atoms with Crippen LogP contribution in [0.15, 0.2) is 36.0 Å². The van der Waals surface area contributed by atoms with Crippen molar-refractivity contribution in [2.75, 3.05) is 11.9 Å². The molecule has 7 heteroatoms. The number of cyclic esters (lactones) is 2. The molecule has 0 aliphatic carbocycles. The minimum atomic E-state index is -1.31. The monoisotopic (exact) mass is 328 g/mol. The SMILES string of the molecule is C#CCNC(=O)c1ccccc1NC=C1C(=O)OC(C)(C)OC1=O. The van der Waals surface area contributed by atoms with E-state index >= 15 is 0 Å². The van der Waals surface area contributed by atoms with E-state index < -0.39 is 17.7 Å². The van der Waals surface area contributed by atoms with E-state index in [1.54, 1.807) is 24.3 Å². The summed E-state index contributed by atoms with van der Waals surface area (Å²) in [4.78, 5) is 35.8. The van der Waals surface area contributed by atoms with Gasteiger partial charge in [-0.25, -0.2) is 9.59 Å². The highest BCUT2D eigenvalue weighted by Gasteiger charge is 2.38. The van der Waals surface area contributed by atoms with Crippen molar-refractivity contribution in [3.05, 3.63) is 41.6 Å². The Kier molecular flexibility index (Phi) is 4.90. The van der Waals surface area contributed by atoms with E-state index in [-0.39, 0.29) is 18.0 Å². The lowest BCUT2D eigenvalue weighted by Gasteiger charge is -2.29. The Labute approximate surface area is 139 Å². The molecule has 0 aromatic heterocycles. The van der Waals surface area contributed by atoms with Gasteiger partial charge in [-0.1, -0.05) is 18.1 Å². The van der Waals surface area contributed by atoms with Crippen molar-refractivity contribution >= 4 is 23.5 Å². The Balaban J connectivity index is 2.20. The number of para-hydroxylation sites is 1. The van der Waals surface area contributed by atoms with Gasteiger partial charge in [-0.05, 0) is 12.1 Å². The third kappa shape index (κ3) is 3.93. The maximum atomic E-state index is 12.0. The average Bonchev–Trinajstić information content (AvgIpc) is 2.51. The Morgan fingerprint density at radius 2 is 1.88 bits per heavy atom. The van der Waals surface area contributed by atoms with Crippen LogP contribution in [0.4, 0.5) is 5.69 Å². The van der Waals surface area contributed by atoms with E-state index in [0.29, 0.717) is 11.3 Å². The van der Waals surface area contributed by atoms with Crippen LogP contribution in [0.2, 0.25) is 0 Å². The van der Waals surface area contributed by atoms with Gasteiger partial charge >= 0.3 is 11.9 Å². The smallest absolute Gasteiger partial charge is 0.350 e. The lowest BCUT2D eigenvalue weighted by Crippen LogP contribution is -2.42. The summed E-state index contributed by atoms with van der Waals surface area (Å²) in [6.07, 6.45) is 6.25. The van der Waals surface area contributed by atoms with Crippen molar-refractivity contribution in [1.29, 1.82) is 0 Å². The van der Waals surface area contributed by atoms with Gasteiger partial charge in [-0.15, -0.1) is 6.42 Å². The molecule has 1 amide bonds. The summed E-state index contributed by atoms with van der Waals surface area (Å²) in [7, 11) is 0. The number of rotatable bonds is 4. The number of anilines is 1. The molecular weight excluding hydrogens is 312 g/mol. The van der Waals surface area contributed by atoms with Gasteiger partial charge in [-0.2, -0.15) is 0 Å². The van der Waals surface area contributed by atoms with Crippen molar-refractivity contribution in [2.24, 2.45) is 0 Å². The number of hydrogen-bond donors (Lipinski definition) is 2. The fraction of sp³-hybridized carbons (Fsp3) is 0.235. The zero-order valence-corrected chi connectivity index (χ0v) is 13.2. The second-order valence-corrected chi connectivity index (χ2v) is 5.31. The maximum absolute atomic E-state index is 12.0. The Hall–Kier alpha value is -3.27. The number of ether oxygens (including phenoxy) is 2. The summed E-state index contributed by atoms with van der Waals surface area (Å²) in [5.74, 6) is -1.00. The highest BCUT2D eigenvalue weighted by molar-refractivity contribution is 6.15. The molecule has 7 nitrogen and oxygen atoms in total. The average molecular weight is 328 g/mol. The maximum Gasteiger partial charge on any atom is 0.350 e. The van der Waals surface area contributed by atoms with Gasteiger partial charge in [0.25, 0.3) is 11.7 Å². The summed E-state index contributed by atoms with van der Waals surface area (Å²) in [5.41, 5.74) is 0.403. The molecule has 24 heavy (non-hydrogen) atoms. The van der Waals surface area contributed by atoms with E-state index in [4.69, 9.17) is 15.9 Å². The van der Waals surface area contributed by atoms with E-state index in [1.807, 2.05) is 0 Å². The van der Waals surface area contributed by atoms with E-state index in [2.05, 4.69) is 16.6 Å². The van der Waals surface area contributed by atoms with Gasteiger partial charge in [0, 0.05) is 20.0 Å². The first-order valence-electron chi connectivity index (χ1n) is 7.08. The fourth-order valence-corrected chi connectivity index (χ4v) is 1.96. The summed E-state index contributed by atoms with van der Waals surface area (Å²) >= 11 is 0. The van der Waals surface area contributed by atoms with E-state index in [0.717, 1.165) is 6.20 Å². The molecule has 1 fully saturated rings. The van der Waals surface area contributed by atoms with Crippen LogP contribution in [0.3, 0.4) is 0 Å². The number of amides is 1. The Morgan fingerprint density at radius 1 is 1.25 bits per heavy atom. The van der Waals surface area contributed by atoms with Gasteiger partial charge in [0.1, 0.15) is 0 Å². The molecule has 0 bridgehead atoms. The quantitative estimate of drug-likeness (QED) is 0.373. The Bertz CT molecular complexity index is 736. The molecule has 0 radical (unpaired) electrons. The number of hydrogen-bond acceptors (Lipinski definition) is 6. The molecule has 0 saturated carbocycles. The van der Waals surface area contributed by atoms with Crippen molar-refractivity contribution in [3.8, 4) is 12.3 Å². The van der Waals surface area contributed by atoms with Crippen LogP contribution in [0, 0.1) is 12.3 Å². The van der Waals surface area contributed by atoms with Gasteiger partial charge in [-0.3, -0.25) is 4.79 Å². The second-order valence-electron chi connectivity index (χ2n) is 5.31. The molecule has 1 aliphatic rings. The molecule has 124 valence electrons. The summed E-state index contributed by atoms with van der Waals surface area (Å²) in [6.45, 7) is 3.00. The third-order valence-electron chi connectivity index (χ3n) is 3.01. The van der Waals surface area contributed by atoms with Crippen molar-refractivity contribution < 1.29 is 23.9 Å². The van der Waals surface area contributed by atoms with E-state index in [1.165, 1.54) is 13.8 Å². The minimum Gasteiger partial charge on any atom is -0.419 e. The number of nitrogens with one attached hydrogen (secondary N) is 2. The number of carbonyl (C=O) groups is 3. The third-order valence-corrected chi connectivity index (χ3v) is 3.01. The molecular formula is C17H16N2O5. The van der Waals surface area contributed by atoms with E-state index in [9.17, 15) is 14.4 Å². The van der Waals surface area contributed by atoms with Gasteiger partial charge in [0.05, 0.1) is 17.8 Å². The second kappa shape index (κ2) is 6.87. The van der Waals surface area contributed by atoms with Gasteiger partial charge < -0.3 is 20.1 Å². The highest BCUT2D eigenvalue weighted by atomic mass is 16.7. The molecule has 1 aromatic rings. The van der Waals surface area contributed by atoms with Gasteiger partial charge in [0.15, 0.2) is 5.57 Å². The van der Waals surface area contributed by atoms with Crippen LogP contribution in [0.5, 0.6) is 0 Å². The number of terminal acetylenes is 1. The predicted octanol–water partition coefficient (Wildman–Crippen LogP) is 1.18. The topological polar surface area (TPSA) is 93.7 Å². The first kappa shape index (κ1) is 17.1. The molecule has 1 aliphatic heterocycles. The van der Waals surface area contributed by atoms with Gasteiger partial charge in [0.2, 0.25) is 0 Å². The fourth-order valence-electron chi connectivity index (χ4n) is 1.96. The van der Waals surface area contributed by atoms with Crippen LogP contribution in [-0.2, 0) is 19.1 Å². The normalized spacial score (nSPS) is 15.6. The van der Waals surface area contributed by atoms with Crippen LogP contribution < -0.4 is 10.6 Å². The van der Waals surface area contributed by atoms with Crippen molar-refractivity contribution in [2.45, 2.75) is 19.6 Å². The lowest BCUT2D eigenvalue weighted by atomic mass is 10.1. The largest absolute Gasteiger partial charge is 0.419 e. The van der Waals surface area contributed by atoms with Crippen molar-refractivity contribution in [3.63, 3.8) is 0 Å². The first-order valence-corrected chi connectivity index (χ1v) is 7.08. The summed E-state index contributed by atoms with van der Waals surface area (Å²) < 4.78 is 9.97. The molecule has 0 unspecified atom stereocenters. The van der Waals surface area contributed by atoms with Crippen LogP contribution in [0.1, 0.15) is 24.2 Å².